The Morgan fingerprint density at radius 3 is 2.32 bits per heavy atom. The molecule has 0 spiro atoms. The van der Waals surface area contributed by atoms with Crippen molar-refractivity contribution in [3.63, 3.8) is 0 Å². The summed E-state index contributed by atoms with van der Waals surface area (Å²) in [7, 11) is -2.06. The fraction of sp³-hybridized carbons (Fsp3) is 0.270. The zero-order valence-electron chi connectivity index (χ0n) is 29.1. The number of nitrogens with zero attached hydrogens (tertiary/aromatic N) is 7. The van der Waals surface area contributed by atoms with Gasteiger partial charge in [0.1, 0.15) is 5.65 Å². The first kappa shape index (κ1) is 35.8. The van der Waals surface area contributed by atoms with Crippen LogP contribution in [0.3, 0.4) is 0 Å². The highest BCUT2D eigenvalue weighted by molar-refractivity contribution is 7.89. The maximum atomic E-state index is 14.5. The van der Waals surface area contributed by atoms with Crippen molar-refractivity contribution in [2.45, 2.75) is 50.3 Å². The van der Waals surface area contributed by atoms with Crippen LogP contribution in [0.4, 0.5) is 30.5 Å². The number of fused-ring (bicyclic) bond motifs is 1. The van der Waals surface area contributed by atoms with E-state index in [1.54, 1.807) is 6.92 Å². The minimum Gasteiger partial charge on any atom is -0.382 e. The molecule has 1 fully saturated rings. The van der Waals surface area contributed by atoms with Crippen molar-refractivity contribution in [1.82, 2.24) is 33.6 Å². The molecule has 5 heterocycles. The molecule has 2 N–H and O–H groups in total. The highest BCUT2D eigenvalue weighted by Gasteiger charge is 2.33. The van der Waals surface area contributed by atoms with Crippen molar-refractivity contribution in [3.8, 4) is 11.1 Å². The number of nitrogens with one attached hydrogen (secondary N) is 2. The van der Waals surface area contributed by atoms with Crippen molar-refractivity contribution in [1.29, 1.82) is 0 Å². The molecular weight excluding hydrogens is 708 g/mol. The molecule has 53 heavy (non-hydrogen) atoms. The summed E-state index contributed by atoms with van der Waals surface area (Å²) in [5, 5.41) is 11.3. The third-order valence-electron chi connectivity index (χ3n) is 9.40. The number of rotatable bonds is 9. The van der Waals surface area contributed by atoms with Crippen LogP contribution in [0.15, 0.2) is 95.0 Å². The van der Waals surface area contributed by atoms with Crippen LogP contribution in [0.25, 0.3) is 22.2 Å². The molecule has 7 rings (SSSR count). The number of pyridine rings is 2. The number of aryl methyl sites for hydroxylation is 1. The molecule has 0 atom stereocenters. The fourth-order valence-corrected chi connectivity index (χ4v) is 8.02. The van der Waals surface area contributed by atoms with Crippen LogP contribution >= 0.6 is 0 Å². The number of anilines is 3. The SMILES string of the molecule is Cc1nn(S(=O)(=O)c2ccncc2)c(C)c1-c1cc2cnc(Nc3ccc(NC4CCN(C)CC4)cc3)nc2n(Cc2ccccc2C(F)(F)F)c1=O. The maximum absolute atomic E-state index is 14.5. The summed E-state index contributed by atoms with van der Waals surface area (Å²) >= 11 is 0. The van der Waals surface area contributed by atoms with Crippen LogP contribution in [-0.2, 0) is 22.7 Å². The average Bonchev–Trinajstić information content (AvgIpc) is 3.45. The Bertz CT molecular complexity index is 2460. The van der Waals surface area contributed by atoms with Gasteiger partial charge < -0.3 is 15.5 Å². The van der Waals surface area contributed by atoms with Crippen LogP contribution in [-0.4, -0.2) is 68.2 Å². The van der Waals surface area contributed by atoms with Gasteiger partial charge >= 0.3 is 6.18 Å². The number of hydrogen-bond donors (Lipinski definition) is 2. The first-order valence-corrected chi connectivity index (χ1v) is 18.3. The van der Waals surface area contributed by atoms with Crippen molar-refractivity contribution in [2.24, 2.45) is 0 Å². The van der Waals surface area contributed by atoms with E-state index in [4.69, 9.17) is 0 Å². The van der Waals surface area contributed by atoms with Crippen molar-refractivity contribution < 1.29 is 21.6 Å². The van der Waals surface area contributed by atoms with E-state index in [0.717, 1.165) is 46.3 Å². The van der Waals surface area contributed by atoms with Gasteiger partial charge in [-0.1, -0.05) is 18.2 Å². The minimum absolute atomic E-state index is 0.0326. The van der Waals surface area contributed by atoms with Gasteiger partial charge in [-0.25, -0.2) is 4.98 Å². The van der Waals surface area contributed by atoms with Crippen molar-refractivity contribution in [3.05, 3.63) is 118 Å². The van der Waals surface area contributed by atoms with Crippen LogP contribution < -0.4 is 16.2 Å². The van der Waals surface area contributed by atoms with Crippen molar-refractivity contribution >= 4 is 38.4 Å². The monoisotopic (exact) mass is 743 g/mol. The lowest BCUT2D eigenvalue weighted by Gasteiger charge is -2.30. The number of likely N-dealkylation sites (tertiary alicyclic amines) is 1. The lowest BCUT2D eigenvalue weighted by molar-refractivity contribution is -0.138. The average molecular weight is 744 g/mol. The van der Waals surface area contributed by atoms with Gasteiger partial charge in [0.05, 0.1) is 34.0 Å². The Labute approximate surface area is 303 Å². The summed E-state index contributed by atoms with van der Waals surface area (Å²) in [6, 6.07) is 17.2. The number of benzene rings is 2. The van der Waals surface area contributed by atoms with Gasteiger partial charge in [-0.3, -0.25) is 14.3 Å². The van der Waals surface area contributed by atoms with E-state index in [1.165, 1.54) is 61.9 Å². The van der Waals surface area contributed by atoms with E-state index < -0.39 is 33.9 Å². The summed E-state index contributed by atoms with van der Waals surface area (Å²) < 4.78 is 71.5. The molecule has 16 heteroatoms. The normalized spacial score (nSPS) is 14.5. The molecule has 1 aliphatic rings. The highest BCUT2D eigenvalue weighted by atomic mass is 32.2. The van der Waals surface area contributed by atoms with E-state index in [0.29, 0.717) is 17.1 Å². The third-order valence-corrected chi connectivity index (χ3v) is 11.1. The van der Waals surface area contributed by atoms with E-state index in [2.05, 4.69) is 42.6 Å². The summed E-state index contributed by atoms with van der Waals surface area (Å²) in [6.07, 6.45) is 1.56. The van der Waals surface area contributed by atoms with Crippen LogP contribution in [0, 0.1) is 13.8 Å². The molecule has 0 bridgehead atoms. The summed E-state index contributed by atoms with van der Waals surface area (Å²) in [6.45, 7) is 4.66. The number of halogens is 3. The number of aromatic nitrogens is 6. The van der Waals surface area contributed by atoms with E-state index in [-0.39, 0.29) is 44.6 Å². The minimum atomic E-state index is -4.68. The van der Waals surface area contributed by atoms with Gasteiger partial charge in [0.15, 0.2) is 0 Å². The molecule has 0 saturated carbocycles. The van der Waals surface area contributed by atoms with Crippen LogP contribution in [0.5, 0.6) is 0 Å². The molecule has 2 aromatic carbocycles. The van der Waals surface area contributed by atoms with Crippen LogP contribution in [0.1, 0.15) is 35.4 Å². The molecule has 1 saturated heterocycles. The molecule has 274 valence electrons. The highest BCUT2D eigenvalue weighted by Crippen LogP contribution is 2.34. The molecular formula is C37H36F3N9O3S. The Morgan fingerprint density at radius 1 is 0.943 bits per heavy atom. The Kier molecular flexibility index (Phi) is 9.50. The second kappa shape index (κ2) is 14.1. The topological polar surface area (TPSA) is 140 Å². The number of hydrogen-bond acceptors (Lipinski definition) is 10. The van der Waals surface area contributed by atoms with Gasteiger partial charge in [0.25, 0.3) is 15.6 Å². The summed E-state index contributed by atoms with van der Waals surface area (Å²) in [5.41, 5.74) is 0.626. The molecule has 0 amide bonds. The molecule has 1 aliphatic heterocycles. The Morgan fingerprint density at radius 2 is 1.62 bits per heavy atom. The largest absolute Gasteiger partial charge is 0.416 e. The van der Waals surface area contributed by atoms with E-state index >= 15 is 0 Å². The third kappa shape index (κ3) is 7.24. The predicted octanol–water partition coefficient (Wildman–Crippen LogP) is 6.22. The quantitative estimate of drug-likeness (QED) is 0.176. The standard InChI is InChI=1S/C37H36F3N9O3S/c1-23-33(24(2)49(46-23)53(51,52)30-12-16-41-17-13-30)31-20-26-21-42-36(44-28-10-8-27(9-11-28)43-29-14-18-47(3)19-15-29)45-34(26)48(35(31)50)22-25-6-4-5-7-32(25)37(38,39)40/h4-13,16-17,20-21,29,43H,14-15,18-19,22H2,1-3H3,(H,42,44,45). The zero-order chi connectivity index (χ0) is 37.5. The summed E-state index contributed by atoms with van der Waals surface area (Å²) in [5.74, 6) is 0.127. The first-order valence-electron chi connectivity index (χ1n) is 16.9. The molecule has 6 aromatic rings. The van der Waals surface area contributed by atoms with E-state index in [9.17, 15) is 26.4 Å². The lowest BCUT2D eigenvalue weighted by atomic mass is 10.0. The Balaban J connectivity index is 1.30. The fourth-order valence-electron chi connectivity index (χ4n) is 6.67. The molecule has 12 nitrogen and oxygen atoms in total. The maximum Gasteiger partial charge on any atom is 0.416 e. The molecule has 4 aromatic heterocycles. The van der Waals surface area contributed by atoms with Crippen LogP contribution in [0.2, 0.25) is 0 Å². The zero-order valence-corrected chi connectivity index (χ0v) is 29.9. The lowest BCUT2D eigenvalue weighted by Crippen LogP contribution is -2.36. The summed E-state index contributed by atoms with van der Waals surface area (Å²) in [4.78, 5) is 29.7. The smallest absolute Gasteiger partial charge is 0.382 e. The van der Waals surface area contributed by atoms with Gasteiger partial charge in [-0.2, -0.15) is 35.8 Å². The van der Waals surface area contributed by atoms with E-state index in [1.807, 2.05) is 24.3 Å². The second-order valence-electron chi connectivity index (χ2n) is 13.1. The first-order chi connectivity index (χ1) is 25.3. The van der Waals surface area contributed by atoms with Gasteiger partial charge in [0, 0.05) is 47.0 Å². The van der Waals surface area contributed by atoms with Gasteiger partial charge in [-0.15, -0.1) is 0 Å². The Hall–Kier alpha value is -5.61. The molecule has 0 aliphatic carbocycles. The molecule has 0 unspecified atom stereocenters. The van der Waals surface area contributed by atoms with Gasteiger partial charge in [-0.05, 0) is 101 Å². The molecule has 0 radical (unpaired) electrons. The van der Waals surface area contributed by atoms with Crippen molar-refractivity contribution in [2.75, 3.05) is 30.8 Å². The number of alkyl halides is 3. The second-order valence-corrected chi connectivity index (χ2v) is 14.8. The predicted molar refractivity (Wildman–Crippen MR) is 196 cm³/mol. The number of piperidine rings is 1. The van der Waals surface area contributed by atoms with Gasteiger partial charge in [0.2, 0.25) is 5.95 Å².